The third kappa shape index (κ3) is 3.99. The van der Waals surface area contributed by atoms with Crippen LogP contribution >= 0.6 is 0 Å². The Balaban J connectivity index is 1.91. The van der Waals surface area contributed by atoms with Crippen molar-refractivity contribution in [3.05, 3.63) is 29.8 Å². The summed E-state index contributed by atoms with van der Waals surface area (Å²) in [6.45, 7) is 7.05. The monoisotopic (exact) mass is 259 g/mol. The molecule has 1 nitrogen and oxygen atoms in total. The zero-order valence-electron chi connectivity index (χ0n) is 12.8. The lowest BCUT2D eigenvalue weighted by atomic mass is 9.78. The molecule has 19 heavy (non-hydrogen) atoms. The second-order valence-electron chi connectivity index (χ2n) is 6.32. The third-order valence-electron chi connectivity index (χ3n) is 4.83. The van der Waals surface area contributed by atoms with Gasteiger partial charge in [-0.1, -0.05) is 52.2 Å². The highest BCUT2D eigenvalue weighted by Gasteiger charge is 2.26. The molecule has 0 aromatic heterocycles. The highest BCUT2D eigenvalue weighted by Crippen LogP contribution is 2.31. The van der Waals surface area contributed by atoms with Gasteiger partial charge in [0.2, 0.25) is 0 Å². The summed E-state index contributed by atoms with van der Waals surface area (Å²) < 4.78 is 0. The quantitative estimate of drug-likeness (QED) is 0.760. The molecule has 1 aromatic rings. The fourth-order valence-corrected chi connectivity index (χ4v) is 3.15. The molecule has 1 fully saturated rings. The van der Waals surface area contributed by atoms with E-state index in [-0.39, 0.29) is 0 Å². The average molecular weight is 259 g/mol. The summed E-state index contributed by atoms with van der Waals surface area (Å²) in [4.78, 5) is 0. The maximum atomic E-state index is 3.74. The molecule has 3 unspecified atom stereocenters. The molecule has 0 saturated heterocycles. The molecule has 2 rings (SSSR count). The molecule has 1 N–H and O–H groups in total. The largest absolute Gasteiger partial charge is 0.382 e. The Hall–Kier alpha value is -0.980. The van der Waals surface area contributed by atoms with Crippen LogP contribution in [0.5, 0.6) is 0 Å². The molecule has 1 heteroatoms. The van der Waals surface area contributed by atoms with E-state index in [1.807, 2.05) is 0 Å². The highest BCUT2D eigenvalue weighted by molar-refractivity contribution is 5.45. The van der Waals surface area contributed by atoms with Crippen molar-refractivity contribution in [2.45, 2.75) is 65.3 Å². The first-order chi connectivity index (χ1) is 9.20. The number of benzene rings is 1. The van der Waals surface area contributed by atoms with Gasteiger partial charge in [-0.25, -0.2) is 0 Å². The first kappa shape index (κ1) is 14.4. The molecule has 0 spiro atoms. The molecule has 0 bridgehead atoms. The van der Waals surface area contributed by atoms with Crippen LogP contribution in [-0.4, -0.2) is 6.04 Å². The van der Waals surface area contributed by atoms with Crippen molar-refractivity contribution < 1.29 is 0 Å². The predicted octanol–water partition coefficient (Wildman–Crippen LogP) is 5.27. The normalized spacial score (nSPS) is 27.2. The zero-order chi connectivity index (χ0) is 13.7. The fourth-order valence-electron chi connectivity index (χ4n) is 3.15. The van der Waals surface area contributed by atoms with Crippen molar-refractivity contribution in [3.8, 4) is 0 Å². The molecule has 0 heterocycles. The number of unbranched alkanes of at least 4 members (excludes halogenated alkanes) is 1. The molecule has 0 aliphatic heterocycles. The van der Waals surface area contributed by atoms with Crippen molar-refractivity contribution >= 4 is 5.69 Å². The van der Waals surface area contributed by atoms with Crippen LogP contribution in [-0.2, 0) is 6.42 Å². The molecule has 0 radical (unpaired) electrons. The van der Waals surface area contributed by atoms with Gasteiger partial charge in [-0.15, -0.1) is 0 Å². The van der Waals surface area contributed by atoms with Crippen LogP contribution in [0.15, 0.2) is 24.3 Å². The summed E-state index contributed by atoms with van der Waals surface area (Å²) in [5, 5.41) is 3.74. The Labute approximate surface area is 118 Å². The molecule has 3 atom stereocenters. The van der Waals surface area contributed by atoms with E-state index in [0.29, 0.717) is 6.04 Å². The first-order valence-electron chi connectivity index (χ1n) is 8.06. The van der Waals surface area contributed by atoms with Gasteiger partial charge >= 0.3 is 0 Å². The number of hydrogen-bond donors (Lipinski definition) is 1. The van der Waals surface area contributed by atoms with E-state index in [9.17, 15) is 0 Å². The molecule has 1 saturated carbocycles. The Bertz CT molecular complexity index is 368. The smallest absolute Gasteiger partial charge is 0.0342 e. The van der Waals surface area contributed by atoms with Crippen LogP contribution in [0.3, 0.4) is 0 Å². The van der Waals surface area contributed by atoms with E-state index < -0.39 is 0 Å². The second kappa shape index (κ2) is 6.98. The number of aryl methyl sites for hydroxylation is 1. The van der Waals surface area contributed by atoms with Crippen LogP contribution in [0.2, 0.25) is 0 Å². The number of anilines is 1. The second-order valence-corrected chi connectivity index (χ2v) is 6.32. The summed E-state index contributed by atoms with van der Waals surface area (Å²) in [6.07, 6.45) is 7.88. The first-order valence-corrected chi connectivity index (χ1v) is 8.06. The van der Waals surface area contributed by atoms with Gasteiger partial charge in [0, 0.05) is 11.7 Å². The van der Waals surface area contributed by atoms with E-state index in [1.165, 1.54) is 49.8 Å². The molecule has 1 aliphatic carbocycles. The minimum absolute atomic E-state index is 0.658. The minimum atomic E-state index is 0.658. The van der Waals surface area contributed by atoms with E-state index in [4.69, 9.17) is 0 Å². The lowest BCUT2D eigenvalue weighted by molar-refractivity contribution is 0.253. The van der Waals surface area contributed by atoms with E-state index in [0.717, 1.165) is 11.8 Å². The van der Waals surface area contributed by atoms with Gasteiger partial charge in [0.05, 0.1) is 0 Å². The summed E-state index contributed by atoms with van der Waals surface area (Å²) >= 11 is 0. The Kier molecular flexibility index (Phi) is 5.30. The summed E-state index contributed by atoms with van der Waals surface area (Å²) in [5.41, 5.74) is 2.77. The van der Waals surface area contributed by atoms with Gasteiger partial charge in [0.15, 0.2) is 0 Å². The van der Waals surface area contributed by atoms with Crippen molar-refractivity contribution in [2.75, 3.05) is 5.32 Å². The topological polar surface area (TPSA) is 12.0 Å². The summed E-state index contributed by atoms with van der Waals surface area (Å²) in [5.74, 6) is 1.64. The summed E-state index contributed by atoms with van der Waals surface area (Å²) in [6, 6.07) is 9.75. The zero-order valence-corrected chi connectivity index (χ0v) is 12.8. The predicted molar refractivity (Wildman–Crippen MR) is 84.6 cm³/mol. The lowest BCUT2D eigenvalue weighted by Crippen LogP contribution is -2.34. The van der Waals surface area contributed by atoms with Crippen molar-refractivity contribution in [1.29, 1.82) is 0 Å². The van der Waals surface area contributed by atoms with Crippen LogP contribution < -0.4 is 5.32 Å². The molecule has 0 amide bonds. The third-order valence-corrected chi connectivity index (χ3v) is 4.83. The van der Waals surface area contributed by atoms with E-state index >= 15 is 0 Å². The molecule has 1 aliphatic rings. The summed E-state index contributed by atoms with van der Waals surface area (Å²) in [7, 11) is 0. The van der Waals surface area contributed by atoms with E-state index in [1.54, 1.807) is 0 Å². The Morgan fingerprint density at radius 1 is 1.11 bits per heavy atom. The lowest BCUT2D eigenvalue weighted by Gasteiger charge is -2.35. The van der Waals surface area contributed by atoms with Crippen LogP contribution in [0.1, 0.15) is 58.4 Å². The molecule has 1 aromatic carbocycles. The average Bonchev–Trinajstić information content (AvgIpc) is 2.43. The van der Waals surface area contributed by atoms with Crippen molar-refractivity contribution in [2.24, 2.45) is 11.8 Å². The van der Waals surface area contributed by atoms with Crippen molar-refractivity contribution in [3.63, 3.8) is 0 Å². The molecular weight excluding hydrogens is 230 g/mol. The van der Waals surface area contributed by atoms with Gasteiger partial charge in [0.25, 0.3) is 0 Å². The fraction of sp³-hybridized carbons (Fsp3) is 0.667. The number of rotatable bonds is 5. The van der Waals surface area contributed by atoms with Gasteiger partial charge in [-0.3, -0.25) is 0 Å². The SMILES string of the molecule is CCCCc1ccc(NC2CCCC(C)C2C)cc1. The van der Waals surface area contributed by atoms with Gasteiger partial charge in [0.1, 0.15) is 0 Å². The van der Waals surface area contributed by atoms with E-state index in [2.05, 4.69) is 50.4 Å². The Morgan fingerprint density at radius 3 is 2.53 bits per heavy atom. The number of nitrogens with one attached hydrogen (secondary N) is 1. The standard InChI is InChI=1S/C18H29N/c1-4-5-8-16-10-12-17(13-11-16)19-18-9-6-7-14(2)15(18)3/h10-15,18-19H,4-9H2,1-3H3. The molecular formula is C18H29N. The maximum absolute atomic E-state index is 3.74. The molecule has 106 valence electrons. The number of hydrogen-bond acceptors (Lipinski definition) is 1. The van der Waals surface area contributed by atoms with Crippen LogP contribution in [0.4, 0.5) is 5.69 Å². The van der Waals surface area contributed by atoms with Gasteiger partial charge in [-0.2, -0.15) is 0 Å². The minimum Gasteiger partial charge on any atom is -0.382 e. The van der Waals surface area contributed by atoms with Gasteiger partial charge < -0.3 is 5.32 Å². The van der Waals surface area contributed by atoms with Crippen LogP contribution in [0, 0.1) is 11.8 Å². The van der Waals surface area contributed by atoms with Crippen molar-refractivity contribution in [1.82, 2.24) is 0 Å². The highest BCUT2D eigenvalue weighted by atomic mass is 14.9. The Morgan fingerprint density at radius 2 is 1.84 bits per heavy atom. The van der Waals surface area contributed by atoms with Gasteiger partial charge in [-0.05, 0) is 48.8 Å². The maximum Gasteiger partial charge on any atom is 0.0342 e. The van der Waals surface area contributed by atoms with Crippen LogP contribution in [0.25, 0.3) is 0 Å².